The molecule has 2 atom stereocenters. The highest BCUT2D eigenvalue weighted by atomic mass is 16.1. The molecule has 0 radical (unpaired) electrons. The summed E-state index contributed by atoms with van der Waals surface area (Å²) in [7, 11) is 0. The molecule has 0 saturated heterocycles. The van der Waals surface area contributed by atoms with Crippen molar-refractivity contribution in [3.63, 3.8) is 0 Å². The second kappa shape index (κ2) is 4.49. The maximum Gasteiger partial charge on any atom is 0.231 e. The maximum atomic E-state index is 11.9. The first-order chi connectivity index (χ1) is 7.66. The van der Waals surface area contributed by atoms with Gasteiger partial charge in [-0.25, -0.2) is 0 Å². The van der Waals surface area contributed by atoms with E-state index in [4.69, 9.17) is 5.73 Å². The van der Waals surface area contributed by atoms with E-state index >= 15 is 0 Å². The Hall–Kier alpha value is -1.61. The van der Waals surface area contributed by atoms with E-state index in [1.165, 1.54) is 0 Å². The highest BCUT2D eigenvalue weighted by molar-refractivity contribution is 5.94. The van der Waals surface area contributed by atoms with Crippen molar-refractivity contribution >= 4 is 11.6 Å². The van der Waals surface area contributed by atoms with Gasteiger partial charge in [-0.15, -0.1) is 0 Å². The van der Waals surface area contributed by atoms with Gasteiger partial charge in [0.15, 0.2) is 0 Å². The fraction of sp³-hybridized carbons (Fsp3) is 0.308. The number of nitrogens with one attached hydrogen (secondary N) is 1. The minimum atomic E-state index is -0.0883. The number of carbonyl (C=O) groups is 1. The number of aryl methyl sites for hydroxylation is 1. The summed E-state index contributed by atoms with van der Waals surface area (Å²) in [6.45, 7) is 1.98. The smallest absolute Gasteiger partial charge is 0.231 e. The second-order valence-corrected chi connectivity index (χ2v) is 4.20. The normalized spacial score (nSPS) is 23.4. The van der Waals surface area contributed by atoms with Gasteiger partial charge in [-0.05, 0) is 25.0 Å². The van der Waals surface area contributed by atoms with Crippen molar-refractivity contribution in [3.05, 3.63) is 42.0 Å². The molecule has 0 aliphatic heterocycles. The van der Waals surface area contributed by atoms with Crippen molar-refractivity contribution in [1.29, 1.82) is 0 Å². The molecule has 1 aliphatic rings. The summed E-state index contributed by atoms with van der Waals surface area (Å²) in [6.07, 6.45) is 4.48. The largest absolute Gasteiger partial charge is 0.325 e. The van der Waals surface area contributed by atoms with Crippen LogP contribution in [0.4, 0.5) is 5.69 Å². The molecule has 0 fully saturated rings. The summed E-state index contributed by atoms with van der Waals surface area (Å²) >= 11 is 0. The zero-order valence-electron chi connectivity index (χ0n) is 9.31. The van der Waals surface area contributed by atoms with E-state index in [0.29, 0.717) is 6.42 Å². The summed E-state index contributed by atoms with van der Waals surface area (Å²) in [6, 6.07) is 7.78. The summed E-state index contributed by atoms with van der Waals surface area (Å²) in [5.74, 6) is -0.0619. The first-order valence-corrected chi connectivity index (χ1v) is 5.47. The molecule has 3 N–H and O–H groups in total. The number of anilines is 1. The van der Waals surface area contributed by atoms with Crippen LogP contribution in [0.3, 0.4) is 0 Å². The van der Waals surface area contributed by atoms with Gasteiger partial charge in [0.2, 0.25) is 5.91 Å². The molecule has 0 saturated carbocycles. The molecule has 2 rings (SSSR count). The van der Waals surface area contributed by atoms with Crippen LogP contribution in [-0.4, -0.2) is 11.9 Å². The minimum absolute atomic E-state index is 0.0209. The van der Waals surface area contributed by atoms with Gasteiger partial charge in [0.1, 0.15) is 0 Å². The van der Waals surface area contributed by atoms with E-state index < -0.39 is 0 Å². The lowest BCUT2D eigenvalue weighted by atomic mass is 10.1. The highest BCUT2D eigenvalue weighted by Gasteiger charge is 2.22. The van der Waals surface area contributed by atoms with Gasteiger partial charge in [-0.3, -0.25) is 4.79 Å². The predicted molar refractivity (Wildman–Crippen MR) is 65.0 cm³/mol. The number of benzene rings is 1. The van der Waals surface area contributed by atoms with E-state index in [1.54, 1.807) is 0 Å². The molecule has 0 bridgehead atoms. The number of amides is 1. The number of carbonyl (C=O) groups excluding carboxylic acids is 1. The van der Waals surface area contributed by atoms with Gasteiger partial charge in [-0.1, -0.05) is 30.4 Å². The molecule has 1 aliphatic carbocycles. The van der Waals surface area contributed by atoms with Gasteiger partial charge < -0.3 is 11.1 Å². The van der Waals surface area contributed by atoms with Crippen LogP contribution >= 0.6 is 0 Å². The second-order valence-electron chi connectivity index (χ2n) is 4.20. The van der Waals surface area contributed by atoms with Crippen LogP contribution in [0.5, 0.6) is 0 Å². The molecular formula is C13H16N2O. The predicted octanol–water partition coefficient (Wildman–Crippen LogP) is 1.84. The molecule has 3 nitrogen and oxygen atoms in total. The van der Waals surface area contributed by atoms with Gasteiger partial charge >= 0.3 is 0 Å². The summed E-state index contributed by atoms with van der Waals surface area (Å²) in [5.41, 5.74) is 7.67. The van der Waals surface area contributed by atoms with Gasteiger partial charge in [0.05, 0.1) is 5.92 Å². The van der Waals surface area contributed by atoms with Gasteiger partial charge in [0.25, 0.3) is 0 Å². The van der Waals surface area contributed by atoms with Crippen molar-refractivity contribution in [2.24, 2.45) is 11.7 Å². The zero-order chi connectivity index (χ0) is 11.5. The topological polar surface area (TPSA) is 55.1 Å². The van der Waals surface area contributed by atoms with Crippen LogP contribution in [-0.2, 0) is 4.79 Å². The third-order valence-electron chi connectivity index (χ3n) is 2.86. The fourth-order valence-electron chi connectivity index (χ4n) is 1.86. The van der Waals surface area contributed by atoms with E-state index in [0.717, 1.165) is 11.3 Å². The van der Waals surface area contributed by atoms with E-state index in [1.807, 2.05) is 43.3 Å². The third-order valence-corrected chi connectivity index (χ3v) is 2.86. The number of hydrogen-bond donors (Lipinski definition) is 2. The number of para-hydroxylation sites is 1. The number of hydrogen-bond acceptors (Lipinski definition) is 2. The number of nitrogens with two attached hydrogens (primary N) is 1. The summed E-state index contributed by atoms with van der Waals surface area (Å²) in [4.78, 5) is 11.9. The van der Waals surface area contributed by atoms with Gasteiger partial charge in [-0.2, -0.15) is 0 Å². The van der Waals surface area contributed by atoms with Gasteiger partial charge in [0, 0.05) is 11.7 Å². The molecule has 16 heavy (non-hydrogen) atoms. The summed E-state index contributed by atoms with van der Waals surface area (Å²) in [5, 5.41) is 2.93. The van der Waals surface area contributed by atoms with Crippen LogP contribution in [0, 0.1) is 12.8 Å². The maximum absolute atomic E-state index is 11.9. The fourth-order valence-corrected chi connectivity index (χ4v) is 1.86. The van der Waals surface area contributed by atoms with Crippen LogP contribution in [0.15, 0.2) is 36.4 Å². The first-order valence-electron chi connectivity index (χ1n) is 5.47. The zero-order valence-corrected chi connectivity index (χ0v) is 9.31. The molecule has 1 amide bonds. The van der Waals surface area contributed by atoms with Crippen LogP contribution < -0.4 is 11.1 Å². The van der Waals surface area contributed by atoms with Crippen molar-refractivity contribution in [3.8, 4) is 0 Å². The van der Waals surface area contributed by atoms with E-state index in [2.05, 4.69) is 5.32 Å². The van der Waals surface area contributed by atoms with Crippen LogP contribution in [0.2, 0.25) is 0 Å². The van der Waals surface area contributed by atoms with Crippen molar-refractivity contribution in [2.45, 2.75) is 19.4 Å². The third kappa shape index (κ3) is 2.31. The Morgan fingerprint density at radius 2 is 2.12 bits per heavy atom. The molecule has 1 aromatic carbocycles. The minimum Gasteiger partial charge on any atom is -0.325 e. The lowest BCUT2D eigenvalue weighted by molar-refractivity contribution is -0.118. The highest BCUT2D eigenvalue weighted by Crippen LogP contribution is 2.20. The standard InChI is InChI=1S/C13H16N2O/c1-9-4-2-3-5-12(9)15-13(16)10-6-7-11(14)8-10/h2-7,10-11H,8,14H2,1H3,(H,15,16). The van der Waals surface area contributed by atoms with Crippen molar-refractivity contribution in [1.82, 2.24) is 0 Å². The Morgan fingerprint density at radius 3 is 2.75 bits per heavy atom. The molecule has 84 valence electrons. The Kier molecular flexibility index (Phi) is 3.06. The number of rotatable bonds is 2. The Bertz CT molecular complexity index is 426. The van der Waals surface area contributed by atoms with Crippen molar-refractivity contribution < 1.29 is 4.79 Å². The Balaban J connectivity index is 2.03. The average Bonchev–Trinajstić information content (AvgIpc) is 2.68. The van der Waals surface area contributed by atoms with E-state index in [-0.39, 0.29) is 17.9 Å². The molecule has 1 aromatic rings. The molecule has 0 aromatic heterocycles. The molecule has 2 unspecified atom stereocenters. The molecule has 0 heterocycles. The van der Waals surface area contributed by atoms with Crippen LogP contribution in [0.25, 0.3) is 0 Å². The average molecular weight is 216 g/mol. The Morgan fingerprint density at radius 1 is 1.38 bits per heavy atom. The lowest BCUT2D eigenvalue weighted by Crippen LogP contribution is -2.24. The molecule has 3 heteroatoms. The van der Waals surface area contributed by atoms with Crippen LogP contribution in [0.1, 0.15) is 12.0 Å². The summed E-state index contributed by atoms with van der Waals surface area (Å²) < 4.78 is 0. The molecular weight excluding hydrogens is 200 g/mol. The van der Waals surface area contributed by atoms with Crippen molar-refractivity contribution in [2.75, 3.05) is 5.32 Å². The molecule has 0 spiro atoms. The lowest BCUT2D eigenvalue weighted by Gasteiger charge is -2.12. The monoisotopic (exact) mass is 216 g/mol. The Labute approximate surface area is 95.3 Å². The van der Waals surface area contributed by atoms with E-state index in [9.17, 15) is 4.79 Å². The quantitative estimate of drug-likeness (QED) is 0.741. The first kappa shape index (κ1) is 10.9. The SMILES string of the molecule is Cc1ccccc1NC(=O)C1C=CC(N)C1.